The van der Waals surface area contributed by atoms with Crippen LogP contribution in [0.4, 0.5) is 0 Å². The molecule has 0 aromatic carbocycles. The lowest BCUT2D eigenvalue weighted by molar-refractivity contribution is -0.139. The molecule has 1 saturated heterocycles. The molecule has 5 nitrogen and oxygen atoms in total. The topological polar surface area (TPSA) is 83.5 Å². The summed E-state index contributed by atoms with van der Waals surface area (Å²) < 4.78 is 23.1. The second kappa shape index (κ2) is 4.15. The van der Waals surface area contributed by atoms with Gasteiger partial charge in [-0.2, -0.15) is 11.3 Å². The Balaban J connectivity index is 2.25. The van der Waals surface area contributed by atoms with E-state index in [1.165, 1.54) is 11.3 Å². The standard InChI is InChI=1S/C9H11NO4S2/c11-9(12)8-5-16(13,14)4-7(10-8)6-1-2-15-3-6/h1-3,7-8,10H,4-5H2,(H,11,12). The van der Waals surface area contributed by atoms with E-state index in [4.69, 9.17) is 5.11 Å². The van der Waals surface area contributed by atoms with Crippen LogP contribution in [0.2, 0.25) is 0 Å². The molecule has 1 fully saturated rings. The number of carboxylic acid groups (broad SMARTS) is 1. The second-order valence-corrected chi connectivity index (χ2v) is 6.68. The molecule has 1 aromatic rings. The minimum Gasteiger partial charge on any atom is -0.480 e. The molecule has 0 aliphatic carbocycles. The van der Waals surface area contributed by atoms with E-state index < -0.39 is 27.9 Å². The maximum Gasteiger partial charge on any atom is 0.321 e. The normalized spacial score (nSPS) is 28.8. The van der Waals surface area contributed by atoms with Gasteiger partial charge in [-0.25, -0.2) is 8.42 Å². The summed E-state index contributed by atoms with van der Waals surface area (Å²) >= 11 is 1.46. The predicted molar refractivity (Wildman–Crippen MR) is 60.3 cm³/mol. The van der Waals surface area contributed by atoms with Crippen molar-refractivity contribution in [2.24, 2.45) is 0 Å². The molecule has 0 bridgehead atoms. The first-order valence-electron chi connectivity index (χ1n) is 4.69. The summed E-state index contributed by atoms with van der Waals surface area (Å²) in [5.74, 6) is -1.49. The Bertz CT molecular complexity index is 480. The Labute approximate surface area is 97.0 Å². The van der Waals surface area contributed by atoms with Crippen molar-refractivity contribution in [2.45, 2.75) is 12.1 Å². The Hall–Kier alpha value is -0.920. The molecule has 2 heterocycles. The largest absolute Gasteiger partial charge is 0.480 e. The fourth-order valence-corrected chi connectivity index (χ4v) is 4.12. The van der Waals surface area contributed by atoms with Crippen molar-refractivity contribution in [2.75, 3.05) is 11.5 Å². The maximum absolute atomic E-state index is 11.6. The zero-order valence-corrected chi connectivity index (χ0v) is 9.92. The van der Waals surface area contributed by atoms with E-state index >= 15 is 0 Å². The molecule has 2 N–H and O–H groups in total. The van der Waals surface area contributed by atoms with Gasteiger partial charge >= 0.3 is 5.97 Å². The van der Waals surface area contributed by atoms with Gasteiger partial charge in [0.2, 0.25) is 0 Å². The van der Waals surface area contributed by atoms with Gasteiger partial charge < -0.3 is 5.11 Å². The lowest BCUT2D eigenvalue weighted by Gasteiger charge is -2.28. The maximum atomic E-state index is 11.6. The summed E-state index contributed by atoms with van der Waals surface area (Å²) in [6.45, 7) is 0. The molecule has 1 aliphatic heterocycles. The average molecular weight is 261 g/mol. The molecular formula is C9H11NO4S2. The molecule has 7 heteroatoms. The first-order chi connectivity index (χ1) is 7.48. The highest BCUT2D eigenvalue weighted by molar-refractivity contribution is 7.91. The van der Waals surface area contributed by atoms with Gasteiger partial charge in [0, 0.05) is 6.04 Å². The van der Waals surface area contributed by atoms with Crippen molar-refractivity contribution in [3.05, 3.63) is 22.4 Å². The molecule has 0 saturated carbocycles. The van der Waals surface area contributed by atoms with Gasteiger partial charge in [0.15, 0.2) is 9.84 Å². The number of carboxylic acids is 1. The third-order valence-corrected chi connectivity index (χ3v) is 4.87. The smallest absolute Gasteiger partial charge is 0.321 e. The number of carbonyl (C=O) groups is 1. The van der Waals surface area contributed by atoms with Gasteiger partial charge in [-0.1, -0.05) is 0 Å². The van der Waals surface area contributed by atoms with E-state index in [0.29, 0.717) is 0 Å². The fraction of sp³-hybridized carbons (Fsp3) is 0.444. The zero-order chi connectivity index (χ0) is 11.8. The van der Waals surface area contributed by atoms with Crippen LogP contribution in [0.25, 0.3) is 0 Å². The highest BCUT2D eigenvalue weighted by Gasteiger charge is 2.35. The first-order valence-corrected chi connectivity index (χ1v) is 7.46. The summed E-state index contributed by atoms with van der Waals surface area (Å²) in [7, 11) is -3.29. The molecule has 0 amide bonds. The van der Waals surface area contributed by atoms with Crippen molar-refractivity contribution in [1.29, 1.82) is 0 Å². The van der Waals surface area contributed by atoms with Gasteiger partial charge in [-0.3, -0.25) is 10.1 Å². The monoisotopic (exact) mass is 261 g/mol. The van der Waals surface area contributed by atoms with Crippen molar-refractivity contribution in [3.63, 3.8) is 0 Å². The third-order valence-electron chi connectivity index (χ3n) is 2.49. The summed E-state index contributed by atoms with van der Waals surface area (Å²) in [6.07, 6.45) is 0. The number of rotatable bonds is 2. The predicted octanol–water partition coefficient (Wildman–Crippen LogP) is 0.260. The summed E-state index contributed by atoms with van der Waals surface area (Å²) in [6, 6.07) is 0.386. The van der Waals surface area contributed by atoms with Crippen LogP contribution in [0.15, 0.2) is 16.8 Å². The molecule has 16 heavy (non-hydrogen) atoms. The summed E-state index contributed by atoms with van der Waals surface area (Å²) in [5.41, 5.74) is 0.833. The van der Waals surface area contributed by atoms with E-state index in [-0.39, 0.29) is 11.5 Å². The van der Waals surface area contributed by atoms with Crippen LogP contribution < -0.4 is 5.32 Å². The Morgan fingerprint density at radius 1 is 1.50 bits per heavy atom. The van der Waals surface area contributed by atoms with Crippen LogP contribution >= 0.6 is 11.3 Å². The van der Waals surface area contributed by atoms with Crippen molar-refractivity contribution >= 4 is 27.1 Å². The van der Waals surface area contributed by atoms with Gasteiger partial charge in [0.25, 0.3) is 0 Å². The number of hydrogen-bond donors (Lipinski definition) is 2. The molecule has 0 radical (unpaired) electrons. The second-order valence-electron chi connectivity index (χ2n) is 3.74. The van der Waals surface area contributed by atoms with Crippen LogP contribution in [0.1, 0.15) is 11.6 Å². The fourth-order valence-electron chi connectivity index (χ4n) is 1.72. The lowest BCUT2D eigenvalue weighted by atomic mass is 10.1. The number of sulfone groups is 1. The SMILES string of the molecule is O=C(O)C1CS(=O)(=O)CC(c2ccsc2)N1. The highest BCUT2D eigenvalue weighted by Crippen LogP contribution is 2.22. The lowest BCUT2D eigenvalue weighted by Crippen LogP contribution is -2.51. The molecule has 2 unspecified atom stereocenters. The van der Waals surface area contributed by atoms with Crippen molar-refractivity contribution < 1.29 is 18.3 Å². The van der Waals surface area contributed by atoms with Crippen LogP contribution in [-0.2, 0) is 14.6 Å². The Morgan fingerprint density at radius 3 is 2.81 bits per heavy atom. The van der Waals surface area contributed by atoms with Gasteiger partial charge in [-0.15, -0.1) is 0 Å². The Kier molecular flexibility index (Phi) is 3.00. The number of thiophene rings is 1. The van der Waals surface area contributed by atoms with Crippen LogP contribution in [0.3, 0.4) is 0 Å². The molecule has 2 rings (SSSR count). The molecule has 88 valence electrons. The minimum atomic E-state index is -3.29. The number of hydrogen-bond acceptors (Lipinski definition) is 5. The average Bonchev–Trinajstić information content (AvgIpc) is 2.67. The first kappa shape index (κ1) is 11.6. The number of aliphatic carboxylic acids is 1. The van der Waals surface area contributed by atoms with Crippen LogP contribution in [0.5, 0.6) is 0 Å². The summed E-state index contributed by atoms with van der Waals surface area (Å²) in [4.78, 5) is 10.8. The van der Waals surface area contributed by atoms with E-state index in [1.807, 2.05) is 16.8 Å². The minimum absolute atomic E-state index is 0.0342. The third kappa shape index (κ3) is 2.42. The van der Waals surface area contributed by atoms with E-state index in [2.05, 4.69) is 5.32 Å². The van der Waals surface area contributed by atoms with Crippen molar-refractivity contribution in [3.8, 4) is 0 Å². The number of nitrogens with one attached hydrogen (secondary N) is 1. The zero-order valence-electron chi connectivity index (χ0n) is 8.29. The van der Waals surface area contributed by atoms with E-state index in [9.17, 15) is 13.2 Å². The van der Waals surface area contributed by atoms with Gasteiger partial charge in [0.05, 0.1) is 11.5 Å². The highest BCUT2D eigenvalue weighted by atomic mass is 32.2. The quantitative estimate of drug-likeness (QED) is 0.798. The van der Waals surface area contributed by atoms with E-state index in [0.717, 1.165) is 5.56 Å². The molecule has 1 aliphatic rings. The Morgan fingerprint density at radius 2 is 2.25 bits per heavy atom. The van der Waals surface area contributed by atoms with E-state index in [1.54, 1.807) is 0 Å². The van der Waals surface area contributed by atoms with Gasteiger partial charge in [-0.05, 0) is 22.4 Å². The molecule has 2 atom stereocenters. The van der Waals surface area contributed by atoms with Crippen molar-refractivity contribution in [1.82, 2.24) is 5.32 Å². The van der Waals surface area contributed by atoms with Crippen LogP contribution in [0, 0.1) is 0 Å². The molecular weight excluding hydrogens is 250 g/mol. The van der Waals surface area contributed by atoms with Gasteiger partial charge in [0.1, 0.15) is 6.04 Å². The molecule has 0 spiro atoms. The summed E-state index contributed by atoms with van der Waals surface area (Å²) in [5, 5.41) is 15.4. The molecule has 1 aromatic heterocycles. The van der Waals surface area contributed by atoms with Crippen LogP contribution in [-0.4, -0.2) is 37.0 Å².